The molecule has 1 rings (SSSR count). The fourth-order valence-electron chi connectivity index (χ4n) is 2.18. The van der Waals surface area contributed by atoms with Crippen LogP contribution in [0.1, 0.15) is 13.8 Å². The van der Waals surface area contributed by atoms with Gasteiger partial charge in [-0.15, -0.1) is 0 Å². The molecule has 22 heavy (non-hydrogen) atoms. The van der Waals surface area contributed by atoms with E-state index in [4.69, 9.17) is 13.6 Å². The average molecular weight is 345 g/mol. The Morgan fingerprint density at radius 1 is 1.05 bits per heavy atom. The molecule has 0 N–H and O–H groups in total. The highest BCUT2D eigenvalue weighted by molar-refractivity contribution is 7.54. The number of anilines is 1. The quantitative estimate of drug-likeness (QED) is 0.387. The van der Waals surface area contributed by atoms with Gasteiger partial charge < -0.3 is 13.6 Å². The van der Waals surface area contributed by atoms with Gasteiger partial charge in [0.15, 0.2) is 5.78 Å². The van der Waals surface area contributed by atoms with Crippen LogP contribution in [-0.2, 0) is 18.1 Å². The minimum atomic E-state index is -3.33. The summed E-state index contributed by atoms with van der Waals surface area (Å²) in [4.78, 5) is 0. The first-order chi connectivity index (χ1) is 10.1. The van der Waals surface area contributed by atoms with Crippen molar-refractivity contribution < 1.29 is 18.1 Å². The Bertz CT molecular complexity index is 496. The Morgan fingerprint density at radius 3 is 1.91 bits per heavy atom. The highest BCUT2D eigenvalue weighted by Crippen LogP contribution is 2.56. The highest BCUT2D eigenvalue weighted by atomic mass is 31.2. The first-order valence-electron chi connectivity index (χ1n) is 7.39. The lowest BCUT2D eigenvalue weighted by molar-refractivity contribution is 0.196. The van der Waals surface area contributed by atoms with Gasteiger partial charge in [0.05, 0.1) is 5.69 Å². The Hall–Kier alpha value is -0.653. The van der Waals surface area contributed by atoms with Gasteiger partial charge in [-0.3, -0.25) is 9.63 Å². The van der Waals surface area contributed by atoms with E-state index in [1.54, 1.807) is 5.06 Å². The summed E-state index contributed by atoms with van der Waals surface area (Å²) in [7, 11) is -2.43. The van der Waals surface area contributed by atoms with Crippen molar-refractivity contribution in [2.75, 3.05) is 19.3 Å². The van der Waals surface area contributed by atoms with E-state index in [1.807, 2.05) is 44.2 Å². The van der Waals surface area contributed by atoms with Crippen LogP contribution in [0.3, 0.4) is 0 Å². The average Bonchev–Trinajstić information content (AvgIpc) is 2.45. The maximum Gasteiger partial charge on any atom is 0.355 e. The molecule has 126 valence electrons. The Morgan fingerprint density at radius 2 is 1.55 bits per heavy atom. The largest absolute Gasteiger partial charge is 0.355 e. The van der Waals surface area contributed by atoms with E-state index < -0.39 is 21.7 Å². The smallest absolute Gasteiger partial charge is 0.319 e. The fraction of sp³-hybridized carbons (Fsp3) is 0.600. The zero-order valence-corrected chi connectivity index (χ0v) is 16.5. The van der Waals surface area contributed by atoms with E-state index in [-0.39, 0.29) is 5.92 Å². The number of rotatable bonds is 8. The lowest BCUT2D eigenvalue weighted by Gasteiger charge is -2.40. The van der Waals surface area contributed by atoms with Crippen molar-refractivity contribution >= 4 is 21.6 Å². The predicted octanol–water partition coefficient (Wildman–Crippen LogP) is 4.73. The van der Waals surface area contributed by atoms with Crippen molar-refractivity contribution in [3.63, 3.8) is 0 Å². The third-order valence-corrected chi connectivity index (χ3v) is 6.27. The van der Waals surface area contributed by atoms with E-state index in [0.29, 0.717) is 0 Å². The van der Waals surface area contributed by atoms with Crippen LogP contribution < -0.4 is 5.06 Å². The van der Waals surface area contributed by atoms with Crippen LogP contribution in [0, 0.1) is 5.92 Å². The van der Waals surface area contributed by atoms with Crippen molar-refractivity contribution in [2.45, 2.75) is 39.3 Å². The van der Waals surface area contributed by atoms with Crippen LogP contribution in [0.4, 0.5) is 5.69 Å². The van der Waals surface area contributed by atoms with Gasteiger partial charge in [0.25, 0.3) is 0 Å². The molecule has 0 heterocycles. The molecule has 1 aromatic carbocycles. The second kappa shape index (κ2) is 7.75. The lowest BCUT2D eigenvalue weighted by Crippen LogP contribution is -2.46. The summed E-state index contributed by atoms with van der Waals surface area (Å²) in [6.07, 6.45) is 0. The minimum Gasteiger partial charge on any atom is -0.319 e. The fourth-order valence-corrected chi connectivity index (χ4v) is 4.83. The third-order valence-electron chi connectivity index (χ3n) is 3.05. The van der Waals surface area contributed by atoms with Gasteiger partial charge in [0.1, 0.15) is 0 Å². The third kappa shape index (κ3) is 4.93. The van der Waals surface area contributed by atoms with E-state index in [2.05, 4.69) is 19.6 Å². The maximum absolute atomic E-state index is 13.0. The van der Waals surface area contributed by atoms with Crippen LogP contribution in [0.25, 0.3) is 0 Å². The monoisotopic (exact) mass is 345 g/mol. The van der Waals surface area contributed by atoms with Gasteiger partial charge in [-0.2, -0.15) is 0 Å². The molecule has 7 heteroatoms. The summed E-state index contributed by atoms with van der Waals surface area (Å²) in [6, 6.07) is 9.67. The molecule has 0 spiro atoms. The number of benzene rings is 1. The zero-order valence-electron chi connectivity index (χ0n) is 14.6. The lowest BCUT2D eigenvalue weighted by atomic mass is 10.2. The normalized spacial score (nSPS) is 14.2. The Labute approximate surface area is 135 Å². The van der Waals surface area contributed by atoms with Crippen LogP contribution in [-0.4, -0.2) is 28.3 Å². The zero-order chi connectivity index (χ0) is 17.0. The van der Waals surface area contributed by atoms with Gasteiger partial charge in [0, 0.05) is 14.2 Å². The molecule has 0 saturated heterocycles. The molecule has 0 aliphatic carbocycles. The molecule has 1 unspecified atom stereocenters. The van der Waals surface area contributed by atoms with Crippen LogP contribution in [0.5, 0.6) is 0 Å². The number of hydroxylamine groups is 1. The minimum absolute atomic E-state index is 0.0160. The second-order valence-electron chi connectivity index (χ2n) is 6.43. The number of para-hydroxylation sites is 1. The molecule has 0 radical (unpaired) electrons. The number of hydrogen-bond acceptors (Lipinski definition) is 5. The maximum atomic E-state index is 13.0. The topological polar surface area (TPSA) is 48.0 Å². The van der Waals surface area contributed by atoms with Crippen molar-refractivity contribution in [3.05, 3.63) is 30.3 Å². The molecule has 0 fully saturated rings. The van der Waals surface area contributed by atoms with Gasteiger partial charge in [0.2, 0.25) is 8.32 Å². The van der Waals surface area contributed by atoms with Gasteiger partial charge in [-0.1, -0.05) is 32.0 Å². The van der Waals surface area contributed by atoms with E-state index in [0.717, 1.165) is 5.69 Å². The van der Waals surface area contributed by atoms with Crippen molar-refractivity contribution in [1.82, 2.24) is 0 Å². The number of hydrogen-bond donors (Lipinski definition) is 0. The molecule has 0 bridgehead atoms. The summed E-state index contributed by atoms with van der Waals surface area (Å²) in [6.45, 7) is 10.2. The highest BCUT2D eigenvalue weighted by Gasteiger charge is 2.43. The second-order valence-corrected chi connectivity index (χ2v) is 13.2. The summed E-state index contributed by atoms with van der Waals surface area (Å²) in [5.74, 6) is -0.501. The predicted molar refractivity (Wildman–Crippen MR) is 93.6 cm³/mol. The van der Waals surface area contributed by atoms with Crippen LogP contribution in [0.15, 0.2) is 30.3 Å². The van der Waals surface area contributed by atoms with E-state index in [9.17, 15) is 4.57 Å². The van der Waals surface area contributed by atoms with Crippen LogP contribution >= 0.6 is 7.60 Å². The van der Waals surface area contributed by atoms with Gasteiger partial charge in [-0.25, -0.2) is 0 Å². The number of nitrogens with zero attached hydrogens (tertiary/aromatic N) is 1. The van der Waals surface area contributed by atoms with Crippen molar-refractivity contribution in [3.8, 4) is 0 Å². The van der Waals surface area contributed by atoms with E-state index in [1.165, 1.54) is 14.2 Å². The summed E-state index contributed by atoms with van der Waals surface area (Å²) >= 11 is 0. The SMILES string of the molecule is COP(=O)(OC)C(C(C)C)N(O[Si](C)(C)C)c1ccccc1. The standard InChI is InChI=1S/C15H28NO4PSi/c1-13(2)15(21(17,18-3)19-4)16(20-22(5,6)7)14-11-9-8-10-12-14/h8-13,15H,1-7H3. The van der Waals surface area contributed by atoms with Crippen molar-refractivity contribution in [2.24, 2.45) is 5.92 Å². The first-order valence-corrected chi connectivity index (χ1v) is 12.4. The van der Waals surface area contributed by atoms with E-state index >= 15 is 0 Å². The van der Waals surface area contributed by atoms with Gasteiger partial charge >= 0.3 is 7.60 Å². The molecular weight excluding hydrogens is 317 g/mol. The molecule has 5 nitrogen and oxygen atoms in total. The molecular formula is C15H28NO4PSi. The molecule has 0 amide bonds. The molecule has 0 saturated carbocycles. The summed E-state index contributed by atoms with van der Waals surface area (Å²) < 4.78 is 29.8. The molecule has 1 aromatic rings. The van der Waals surface area contributed by atoms with Crippen molar-refractivity contribution in [1.29, 1.82) is 0 Å². The summed E-state index contributed by atoms with van der Waals surface area (Å²) in [5.41, 5.74) is 0.845. The molecule has 0 aliphatic heterocycles. The molecule has 1 atom stereocenters. The Balaban J connectivity index is 3.36. The molecule has 0 aromatic heterocycles. The molecule has 0 aliphatic rings. The first kappa shape index (κ1) is 19.4. The van der Waals surface area contributed by atoms with Gasteiger partial charge in [-0.05, 0) is 37.7 Å². The Kier molecular flexibility index (Phi) is 6.83. The van der Waals surface area contributed by atoms with Crippen LogP contribution in [0.2, 0.25) is 19.6 Å². The summed E-state index contributed by atoms with van der Waals surface area (Å²) in [5, 5.41) is 1.73.